The molecule has 1 fully saturated rings. The van der Waals surface area contributed by atoms with Gasteiger partial charge in [-0.25, -0.2) is 13.2 Å². The number of hydrogen-bond acceptors (Lipinski definition) is 8. The lowest BCUT2D eigenvalue weighted by Gasteiger charge is -2.26. The summed E-state index contributed by atoms with van der Waals surface area (Å²) >= 11 is 0. The number of ether oxygens (including phenoxy) is 3. The topological polar surface area (TPSA) is 140 Å². The molecule has 198 valence electrons. The van der Waals surface area contributed by atoms with E-state index >= 15 is 0 Å². The van der Waals surface area contributed by atoms with Crippen LogP contribution < -0.4 is 15.4 Å². The lowest BCUT2D eigenvalue weighted by atomic mass is 10.2. The van der Waals surface area contributed by atoms with Crippen LogP contribution >= 0.6 is 0 Å². The van der Waals surface area contributed by atoms with E-state index in [1.807, 2.05) is 0 Å². The van der Waals surface area contributed by atoms with Gasteiger partial charge in [-0.15, -0.1) is 0 Å². The Kier molecular flexibility index (Phi) is 9.39. The molecule has 0 saturated carbocycles. The minimum Gasteiger partial charge on any atom is -0.495 e. The highest BCUT2D eigenvalue weighted by molar-refractivity contribution is 7.89. The van der Waals surface area contributed by atoms with Crippen molar-refractivity contribution in [3.8, 4) is 5.75 Å². The van der Waals surface area contributed by atoms with Gasteiger partial charge in [0.25, 0.3) is 5.91 Å². The fourth-order valence-electron chi connectivity index (χ4n) is 3.44. The van der Waals surface area contributed by atoms with Crippen LogP contribution in [0, 0.1) is 0 Å². The van der Waals surface area contributed by atoms with E-state index in [-0.39, 0.29) is 29.6 Å². The number of carbonyl (C=O) groups is 3. The number of benzene rings is 2. The summed E-state index contributed by atoms with van der Waals surface area (Å²) in [6.07, 6.45) is 1.41. The van der Waals surface area contributed by atoms with Crippen molar-refractivity contribution in [3.63, 3.8) is 0 Å². The lowest BCUT2D eigenvalue weighted by molar-refractivity contribution is -0.148. The Morgan fingerprint density at radius 2 is 1.65 bits per heavy atom. The summed E-state index contributed by atoms with van der Waals surface area (Å²) in [7, 11) is -2.45. The number of sulfonamides is 1. The van der Waals surface area contributed by atoms with Gasteiger partial charge in [0.1, 0.15) is 10.6 Å². The van der Waals surface area contributed by atoms with Crippen molar-refractivity contribution < 1.29 is 37.0 Å². The Bertz CT molecular complexity index is 1270. The number of methoxy groups -OCH3 is 1. The van der Waals surface area contributed by atoms with Crippen LogP contribution in [0.3, 0.4) is 0 Å². The first-order valence-corrected chi connectivity index (χ1v) is 12.9. The minimum atomic E-state index is -3.83. The van der Waals surface area contributed by atoms with Gasteiger partial charge >= 0.3 is 5.97 Å². The van der Waals surface area contributed by atoms with E-state index in [4.69, 9.17) is 14.2 Å². The zero-order chi connectivity index (χ0) is 27.0. The molecule has 12 heteroatoms. The highest BCUT2D eigenvalue weighted by atomic mass is 32.2. The quantitative estimate of drug-likeness (QED) is 0.371. The minimum absolute atomic E-state index is 0.0234. The maximum atomic E-state index is 13.1. The molecule has 1 saturated heterocycles. The average Bonchev–Trinajstić information content (AvgIpc) is 2.88. The Balaban J connectivity index is 1.63. The molecule has 2 aromatic rings. The summed E-state index contributed by atoms with van der Waals surface area (Å²) in [6, 6.07) is 11.0. The largest absolute Gasteiger partial charge is 0.495 e. The molecule has 0 bridgehead atoms. The zero-order valence-electron chi connectivity index (χ0n) is 20.7. The van der Waals surface area contributed by atoms with E-state index in [9.17, 15) is 22.8 Å². The Morgan fingerprint density at radius 1 is 1.03 bits per heavy atom. The van der Waals surface area contributed by atoms with Crippen LogP contribution in [0.2, 0.25) is 0 Å². The Hall–Kier alpha value is -3.74. The van der Waals surface area contributed by atoms with Gasteiger partial charge in [-0.3, -0.25) is 9.59 Å². The number of esters is 1. The molecule has 2 N–H and O–H groups in total. The van der Waals surface area contributed by atoms with Crippen LogP contribution in [0.4, 0.5) is 11.4 Å². The third kappa shape index (κ3) is 7.62. The first kappa shape index (κ1) is 27.8. The van der Waals surface area contributed by atoms with Crippen LogP contribution in [-0.4, -0.2) is 70.0 Å². The van der Waals surface area contributed by atoms with Crippen LogP contribution in [0.15, 0.2) is 53.4 Å². The second kappa shape index (κ2) is 12.5. The fourth-order valence-corrected chi connectivity index (χ4v) is 5.04. The zero-order valence-corrected chi connectivity index (χ0v) is 21.5. The van der Waals surface area contributed by atoms with Crippen LogP contribution in [0.25, 0.3) is 6.08 Å². The SMILES string of the molecule is COc1ccc(/C=C/C(=O)OC(C)C(=O)Nc2ccc(NC(C)=O)cc2)cc1S(=O)(=O)N1CCOCC1. The normalized spacial score (nSPS) is 15.1. The molecule has 1 unspecified atom stereocenters. The van der Waals surface area contributed by atoms with Gasteiger partial charge in [0.05, 0.1) is 20.3 Å². The molecule has 37 heavy (non-hydrogen) atoms. The first-order valence-electron chi connectivity index (χ1n) is 11.4. The molecule has 0 radical (unpaired) electrons. The Morgan fingerprint density at radius 3 is 2.24 bits per heavy atom. The van der Waals surface area contributed by atoms with Gasteiger partial charge in [-0.05, 0) is 55.0 Å². The predicted molar refractivity (Wildman–Crippen MR) is 137 cm³/mol. The van der Waals surface area contributed by atoms with E-state index in [0.29, 0.717) is 30.2 Å². The molecule has 1 heterocycles. The summed E-state index contributed by atoms with van der Waals surface area (Å²) in [5.74, 6) is -1.36. The molecule has 2 aromatic carbocycles. The molecule has 2 amide bonds. The van der Waals surface area contributed by atoms with Gasteiger partial charge in [0.15, 0.2) is 6.10 Å². The molecule has 1 atom stereocenters. The summed E-state index contributed by atoms with van der Waals surface area (Å²) in [5, 5.41) is 5.24. The van der Waals surface area contributed by atoms with Crippen molar-refractivity contribution in [1.82, 2.24) is 4.31 Å². The second-order valence-corrected chi connectivity index (χ2v) is 9.99. The number of nitrogens with one attached hydrogen (secondary N) is 2. The molecular weight excluding hydrogens is 502 g/mol. The smallest absolute Gasteiger partial charge is 0.331 e. The van der Waals surface area contributed by atoms with Crippen molar-refractivity contribution in [1.29, 1.82) is 0 Å². The van der Waals surface area contributed by atoms with Gasteiger partial charge in [-0.1, -0.05) is 6.07 Å². The number of carbonyl (C=O) groups excluding carboxylic acids is 3. The maximum absolute atomic E-state index is 13.1. The summed E-state index contributed by atoms with van der Waals surface area (Å²) in [5.41, 5.74) is 1.47. The average molecular weight is 532 g/mol. The van der Waals surface area contributed by atoms with Crippen LogP contribution in [0.5, 0.6) is 5.75 Å². The lowest BCUT2D eigenvalue weighted by Crippen LogP contribution is -2.40. The number of morpholine rings is 1. The number of amides is 2. The van der Waals surface area contributed by atoms with E-state index in [1.54, 1.807) is 30.3 Å². The number of nitrogens with zero attached hydrogens (tertiary/aromatic N) is 1. The van der Waals surface area contributed by atoms with Crippen molar-refractivity contribution in [3.05, 3.63) is 54.1 Å². The number of rotatable bonds is 9. The number of hydrogen-bond donors (Lipinski definition) is 2. The molecule has 0 aliphatic carbocycles. The van der Waals surface area contributed by atoms with Crippen molar-refractivity contribution in [2.24, 2.45) is 0 Å². The third-order valence-corrected chi connectivity index (χ3v) is 7.24. The van der Waals surface area contributed by atoms with Gasteiger partial charge in [0.2, 0.25) is 15.9 Å². The van der Waals surface area contributed by atoms with Crippen LogP contribution in [-0.2, 0) is 33.9 Å². The van der Waals surface area contributed by atoms with E-state index in [2.05, 4.69) is 10.6 Å². The maximum Gasteiger partial charge on any atom is 0.331 e. The van der Waals surface area contributed by atoms with Crippen molar-refractivity contribution >= 4 is 45.3 Å². The second-order valence-electron chi connectivity index (χ2n) is 8.09. The molecular formula is C25H29N3O8S. The monoisotopic (exact) mass is 531 g/mol. The van der Waals surface area contributed by atoms with Gasteiger partial charge < -0.3 is 24.8 Å². The number of anilines is 2. The van der Waals surface area contributed by atoms with E-state index in [0.717, 1.165) is 6.08 Å². The van der Waals surface area contributed by atoms with Gasteiger partial charge in [-0.2, -0.15) is 4.31 Å². The third-order valence-electron chi connectivity index (χ3n) is 5.32. The Labute approximate surface area is 215 Å². The highest BCUT2D eigenvalue weighted by Crippen LogP contribution is 2.29. The van der Waals surface area contributed by atoms with Gasteiger partial charge in [0, 0.05) is 37.5 Å². The predicted octanol–water partition coefficient (Wildman–Crippen LogP) is 2.26. The van der Waals surface area contributed by atoms with Crippen molar-refractivity contribution in [2.75, 3.05) is 44.0 Å². The summed E-state index contributed by atoms with van der Waals surface area (Å²) < 4.78 is 43.2. The summed E-state index contributed by atoms with van der Waals surface area (Å²) in [4.78, 5) is 35.7. The molecule has 1 aliphatic heterocycles. The fraction of sp³-hybridized carbons (Fsp3) is 0.320. The van der Waals surface area contributed by atoms with Crippen molar-refractivity contribution in [2.45, 2.75) is 24.8 Å². The molecule has 1 aliphatic rings. The molecule has 0 aromatic heterocycles. The van der Waals surface area contributed by atoms with Crippen LogP contribution in [0.1, 0.15) is 19.4 Å². The molecule has 11 nitrogen and oxygen atoms in total. The molecule has 0 spiro atoms. The first-order chi connectivity index (χ1) is 17.6. The standard InChI is InChI=1S/C25H29N3O8S/c1-17(25(31)27-21-8-6-20(7-9-21)26-18(2)29)36-24(30)11-5-19-4-10-22(34-3)23(16-19)37(32,33)28-12-14-35-15-13-28/h4-11,16-17H,12-15H2,1-3H3,(H,26,29)(H,27,31)/b11-5+. The molecule has 3 rings (SSSR count). The summed E-state index contributed by atoms with van der Waals surface area (Å²) in [6.45, 7) is 3.89. The highest BCUT2D eigenvalue weighted by Gasteiger charge is 2.29. The van der Waals surface area contributed by atoms with E-state index in [1.165, 1.54) is 43.5 Å². The van der Waals surface area contributed by atoms with E-state index < -0.39 is 28.0 Å².